The molecule has 194 valence electrons. The molecule has 0 atom stereocenters. The zero-order valence-electron chi connectivity index (χ0n) is 21.5. The molecule has 0 bridgehead atoms. The summed E-state index contributed by atoms with van der Waals surface area (Å²) in [6, 6.07) is 18.0. The second-order valence-corrected chi connectivity index (χ2v) is 10.5. The molecule has 2 aliphatic heterocycles. The molecule has 2 aliphatic rings. The molecule has 3 aromatic rings. The Morgan fingerprint density at radius 1 is 1.11 bits per heavy atom. The molecule has 2 N–H and O–H groups in total. The molecule has 2 aromatic carbocycles. The predicted molar refractivity (Wildman–Crippen MR) is 150 cm³/mol. The summed E-state index contributed by atoms with van der Waals surface area (Å²) in [6.45, 7) is 6.73. The Balaban J connectivity index is 1.28. The number of piperidine rings is 1. The van der Waals surface area contributed by atoms with Crippen LogP contribution >= 0.6 is 11.6 Å². The standard InChI is InChI=1S/C31H36ClN3O2/c1-2-16-33-22-24-6-3-9-29-28(24)21-23(27-8-4-17-34-30(27)37-29)7-5-18-35-19-14-31(36,15-20-35)25-10-12-26(32)13-11-25/h3-4,6-13,17,33,36H,2,5,14-16,18-22H2,1H3. The van der Waals surface area contributed by atoms with Crippen LogP contribution in [0.1, 0.15) is 54.9 Å². The molecule has 0 aliphatic carbocycles. The van der Waals surface area contributed by atoms with E-state index in [1.165, 1.54) is 16.7 Å². The number of allylic oxidation sites excluding steroid dienone is 1. The molecule has 1 fully saturated rings. The molecular weight excluding hydrogens is 482 g/mol. The summed E-state index contributed by atoms with van der Waals surface area (Å²) in [7, 11) is 0. The van der Waals surface area contributed by atoms with Crippen LogP contribution in [0.25, 0.3) is 5.57 Å². The molecule has 5 rings (SSSR count). The molecule has 0 saturated carbocycles. The third-order valence-corrected chi connectivity index (χ3v) is 7.82. The van der Waals surface area contributed by atoms with E-state index in [1.807, 2.05) is 30.3 Å². The Kier molecular flexibility index (Phi) is 8.26. The normalized spacial score (nSPS) is 18.1. The molecule has 1 aromatic heterocycles. The topological polar surface area (TPSA) is 57.6 Å². The summed E-state index contributed by atoms with van der Waals surface area (Å²) in [5, 5.41) is 15.5. The zero-order chi connectivity index (χ0) is 25.7. The Labute approximate surface area is 225 Å². The summed E-state index contributed by atoms with van der Waals surface area (Å²) in [4.78, 5) is 7.01. The molecule has 6 heteroatoms. The SMILES string of the molecule is CCCNCc1cccc2c1CC(=CCCN1CCC(O)(c3ccc(Cl)cc3)CC1)c1cccnc1O2. The van der Waals surface area contributed by atoms with Gasteiger partial charge in [0.25, 0.3) is 0 Å². The third kappa shape index (κ3) is 6.07. The number of aliphatic hydroxyl groups is 1. The average molecular weight is 518 g/mol. The van der Waals surface area contributed by atoms with Gasteiger partial charge in [0.15, 0.2) is 0 Å². The number of benzene rings is 2. The fourth-order valence-corrected chi connectivity index (χ4v) is 5.50. The van der Waals surface area contributed by atoms with Gasteiger partial charge >= 0.3 is 0 Å². The smallest absolute Gasteiger partial charge is 0.226 e. The van der Waals surface area contributed by atoms with Crippen LogP contribution in [0.4, 0.5) is 0 Å². The highest BCUT2D eigenvalue weighted by Crippen LogP contribution is 2.39. The fraction of sp³-hybridized carbons (Fsp3) is 0.387. The van der Waals surface area contributed by atoms with Crippen LogP contribution < -0.4 is 10.1 Å². The van der Waals surface area contributed by atoms with Crippen molar-refractivity contribution in [3.8, 4) is 11.6 Å². The third-order valence-electron chi connectivity index (χ3n) is 7.56. The molecule has 3 heterocycles. The van der Waals surface area contributed by atoms with Crippen molar-refractivity contribution in [2.75, 3.05) is 26.2 Å². The van der Waals surface area contributed by atoms with Gasteiger partial charge in [-0.2, -0.15) is 0 Å². The lowest BCUT2D eigenvalue weighted by molar-refractivity contribution is -0.0254. The van der Waals surface area contributed by atoms with Crippen LogP contribution in [0, 0.1) is 0 Å². The number of nitrogens with zero attached hydrogens (tertiary/aromatic N) is 2. The van der Waals surface area contributed by atoms with Crippen molar-refractivity contribution in [3.63, 3.8) is 0 Å². The number of fused-ring (bicyclic) bond motifs is 2. The average Bonchev–Trinajstić information content (AvgIpc) is 3.07. The maximum atomic E-state index is 11.2. The minimum atomic E-state index is -0.769. The van der Waals surface area contributed by atoms with Crippen LogP contribution in [-0.2, 0) is 18.6 Å². The lowest BCUT2D eigenvalue weighted by Gasteiger charge is -2.38. The van der Waals surface area contributed by atoms with E-state index in [9.17, 15) is 5.11 Å². The van der Waals surface area contributed by atoms with Crippen molar-refractivity contribution in [2.24, 2.45) is 0 Å². The Morgan fingerprint density at radius 3 is 2.70 bits per heavy atom. The highest BCUT2D eigenvalue weighted by Gasteiger charge is 2.33. The molecule has 0 amide bonds. The highest BCUT2D eigenvalue weighted by molar-refractivity contribution is 6.30. The van der Waals surface area contributed by atoms with E-state index >= 15 is 0 Å². The minimum absolute atomic E-state index is 0.678. The Morgan fingerprint density at radius 2 is 1.92 bits per heavy atom. The van der Waals surface area contributed by atoms with Gasteiger partial charge in [0.05, 0.1) is 5.60 Å². The number of hydrogen-bond acceptors (Lipinski definition) is 5. The van der Waals surface area contributed by atoms with Crippen molar-refractivity contribution < 1.29 is 9.84 Å². The number of hydrogen-bond donors (Lipinski definition) is 2. The maximum Gasteiger partial charge on any atom is 0.226 e. The predicted octanol–water partition coefficient (Wildman–Crippen LogP) is 6.34. The molecule has 0 radical (unpaired) electrons. The summed E-state index contributed by atoms with van der Waals surface area (Å²) in [5.41, 5.74) is 5.04. The zero-order valence-corrected chi connectivity index (χ0v) is 22.3. The van der Waals surface area contributed by atoms with Crippen LogP contribution in [0.5, 0.6) is 11.6 Å². The van der Waals surface area contributed by atoms with Gasteiger partial charge in [-0.15, -0.1) is 0 Å². The molecule has 37 heavy (non-hydrogen) atoms. The van der Waals surface area contributed by atoms with E-state index in [-0.39, 0.29) is 0 Å². The maximum absolute atomic E-state index is 11.2. The first kappa shape index (κ1) is 25.9. The minimum Gasteiger partial charge on any atom is -0.438 e. The van der Waals surface area contributed by atoms with Crippen molar-refractivity contribution in [3.05, 3.63) is 94.1 Å². The molecule has 1 saturated heterocycles. The van der Waals surface area contributed by atoms with E-state index in [0.717, 1.165) is 81.7 Å². The second kappa shape index (κ2) is 11.8. The van der Waals surface area contributed by atoms with Gasteiger partial charge in [0.1, 0.15) is 5.75 Å². The van der Waals surface area contributed by atoms with Crippen molar-refractivity contribution >= 4 is 17.2 Å². The molecule has 5 nitrogen and oxygen atoms in total. The van der Waals surface area contributed by atoms with Gasteiger partial charge in [-0.25, -0.2) is 4.98 Å². The quantitative estimate of drug-likeness (QED) is 0.341. The van der Waals surface area contributed by atoms with Crippen molar-refractivity contribution in [2.45, 2.75) is 51.2 Å². The number of halogens is 1. The summed E-state index contributed by atoms with van der Waals surface area (Å²) in [6.07, 6.45) is 8.49. The lowest BCUT2D eigenvalue weighted by Crippen LogP contribution is -2.42. The number of nitrogens with one attached hydrogen (secondary N) is 1. The van der Waals surface area contributed by atoms with Crippen molar-refractivity contribution in [1.82, 2.24) is 15.2 Å². The Hall–Kier alpha value is -2.70. The van der Waals surface area contributed by atoms with E-state index in [4.69, 9.17) is 16.3 Å². The number of rotatable bonds is 8. The number of pyridine rings is 1. The summed E-state index contributed by atoms with van der Waals surface area (Å²) in [5.74, 6) is 1.58. The Bertz CT molecular complexity index is 1230. The largest absolute Gasteiger partial charge is 0.438 e. The van der Waals surface area contributed by atoms with E-state index in [2.05, 4.69) is 52.5 Å². The number of ether oxygens (including phenoxy) is 1. The molecule has 0 unspecified atom stereocenters. The fourth-order valence-electron chi connectivity index (χ4n) is 5.38. The first-order valence-corrected chi connectivity index (χ1v) is 13.8. The van der Waals surface area contributed by atoms with E-state index in [1.54, 1.807) is 6.20 Å². The van der Waals surface area contributed by atoms with Crippen molar-refractivity contribution in [1.29, 1.82) is 0 Å². The van der Waals surface area contributed by atoms with Crippen LogP contribution in [0.3, 0.4) is 0 Å². The number of aromatic nitrogens is 1. The van der Waals surface area contributed by atoms with Crippen LogP contribution in [0.2, 0.25) is 5.02 Å². The van der Waals surface area contributed by atoms with Crippen LogP contribution in [-0.4, -0.2) is 41.2 Å². The first-order valence-electron chi connectivity index (χ1n) is 13.4. The van der Waals surface area contributed by atoms with Gasteiger partial charge in [0.2, 0.25) is 5.88 Å². The van der Waals surface area contributed by atoms with Gasteiger partial charge in [0, 0.05) is 54.9 Å². The lowest BCUT2D eigenvalue weighted by atomic mass is 9.84. The summed E-state index contributed by atoms with van der Waals surface area (Å²) < 4.78 is 6.32. The van der Waals surface area contributed by atoms with Crippen LogP contribution in [0.15, 0.2) is 66.9 Å². The van der Waals surface area contributed by atoms with E-state index in [0.29, 0.717) is 10.9 Å². The summed E-state index contributed by atoms with van der Waals surface area (Å²) >= 11 is 6.04. The van der Waals surface area contributed by atoms with Gasteiger partial charge in [-0.1, -0.05) is 48.9 Å². The first-order chi connectivity index (χ1) is 18.1. The van der Waals surface area contributed by atoms with Gasteiger partial charge in [-0.3, -0.25) is 0 Å². The monoisotopic (exact) mass is 517 g/mol. The second-order valence-electron chi connectivity index (χ2n) is 10.1. The van der Waals surface area contributed by atoms with Gasteiger partial charge < -0.3 is 20.1 Å². The number of likely N-dealkylation sites (tertiary alicyclic amines) is 1. The molecule has 0 spiro atoms. The highest BCUT2D eigenvalue weighted by atomic mass is 35.5. The van der Waals surface area contributed by atoms with E-state index < -0.39 is 5.60 Å². The molecular formula is C31H36ClN3O2. The van der Waals surface area contributed by atoms with Gasteiger partial charge in [-0.05, 0) is 79.3 Å².